The highest BCUT2D eigenvalue weighted by atomic mass is 16.5. The van der Waals surface area contributed by atoms with Crippen LogP contribution in [0.4, 0.5) is 0 Å². The highest BCUT2D eigenvalue weighted by molar-refractivity contribution is 6.16. The average molecular weight is 458 g/mol. The molecule has 172 valence electrons. The number of amides is 1. The first-order valence-corrected chi connectivity index (χ1v) is 10.8. The number of furan rings is 1. The third-order valence-corrected chi connectivity index (χ3v) is 5.87. The molecule has 0 spiro atoms. The minimum absolute atomic E-state index is 0.0167. The number of hydrogen-bond donors (Lipinski definition) is 1. The van der Waals surface area contributed by atoms with Gasteiger partial charge in [0.15, 0.2) is 22.9 Å². The standard InChI is InChI=1S/C25H22N4O5/c1-33-18-7-2-5-16-13-19(34-24(16)18)22(30)20-21(17-6-3-8-26-14-17)29(25(32)23(20)31)11-4-10-28-12-9-27-15-28/h2-3,5-9,12-15,21,31H,4,10-11H2,1H3. The molecule has 34 heavy (non-hydrogen) atoms. The van der Waals surface area contributed by atoms with Crippen LogP contribution in [0.3, 0.4) is 0 Å². The number of para-hydroxylation sites is 1. The molecule has 1 unspecified atom stereocenters. The van der Waals surface area contributed by atoms with E-state index in [-0.39, 0.29) is 11.3 Å². The molecule has 0 saturated carbocycles. The Morgan fingerprint density at radius 1 is 1.18 bits per heavy atom. The van der Waals surface area contributed by atoms with E-state index in [1.54, 1.807) is 61.3 Å². The molecule has 1 aliphatic heterocycles. The molecule has 5 rings (SSSR count). The van der Waals surface area contributed by atoms with Crippen molar-refractivity contribution < 1.29 is 23.8 Å². The summed E-state index contributed by atoms with van der Waals surface area (Å²) in [5.74, 6) is -1.23. The Morgan fingerprint density at radius 2 is 2.06 bits per heavy atom. The quantitative estimate of drug-likeness (QED) is 0.401. The highest BCUT2D eigenvalue weighted by Gasteiger charge is 2.44. The minimum Gasteiger partial charge on any atom is -0.503 e. The summed E-state index contributed by atoms with van der Waals surface area (Å²) in [6.07, 6.45) is 9.03. The maximum Gasteiger partial charge on any atom is 0.290 e. The van der Waals surface area contributed by atoms with Gasteiger partial charge in [0.2, 0.25) is 5.78 Å². The molecule has 0 saturated heterocycles. The van der Waals surface area contributed by atoms with Crippen molar-refractivity contribution in [2.75, 3.05) is 13.7 Å². The van der Waals surface area contributed by atoms with Crippen molar-refractivity contribution in [3.05, 3.63) is 90.2 Å². The van der Waals surface area contributed by atoms with Gasteiger partial charge in [0.25, 0.3) is 5.91 Å². The van der Waals surface area contributed by atoms with Crippen molar-refractivity contribution in [3.63, 3.8) is 0 Å². The number of rotatable bonds is 8. The van der Waals surface area contributed by atoms with E-state index in [9.17, 15) is 14.7 Å². The van der Waals surface area contributed by atoms with Gasteiger partial charge in [-0.2, -0.15) is 0 Å². The first kappa shape index (κ1) is 21.4. The van der Waals surface area contributed by atoms with Gasteiger partial charge in [-0.1, -0.05) is 18.2 Å². The monoisotopic (exact) mass is 458 g/mol. The Morgan fingerprint density at radius 3 is 2.79 bits per heavy atom. The van der Waals surface area contributed by atoms with Gasteiger partial charge in [-0.15, -0.1) is 0 Å². The van der Waals surface area contributed by atoms with E-state index in [1.165, 1.54) is 12.0 Å². The van der Waals surface area contributed by atoms with Crippen molar-refractivity contribution in [2.24, 2.45) is 0 Å². The molecule has 1 aromatic carbocycles. The second kappa shape index (κ2) is 8.86. The highest BCUT2D eigenvalue weighted by Crippen LogP contribution is 2.40. The summed E-state index contributed by atoms with van der Waals surface area (Å²) >= 11 is 0. The van der Waals surface area contributed by atoms with Crippen LogP contribution < -0.4 is 4.74 Å². The molecule has 3 aromatic heterocycles. The first-order valence-electron chi connectivity index (χ1n) is 10.8. The van der Waals surface area contributed by atoms with E-state index in [1.807, 2.05) is 10.8 Å². The lowest BCUT2D eigenvalue weighted by Gasteiger charge is -2.26. The fourth-order valence-electron chi connectivity index (χ4n) is 4.28. The van der Waals surface area contributed by atoms with Crippen LogP contribution in [0.2, 0.25) is 0 Å². The number of aliphatic hydroxyl groups excluding tert-OH is 1. The zero-order valence-corrected chi connectivity index (χ0v) is 18.4. The average Bonchev–Trinajstić information content (AvgIpc) is 3.59. The summed E-state index contributed by atoms with van der Waals surface area (Å²) in [6, 6.07) is 9.64. The molecule has 4 heterocycles. The zero-order valence-electron chi connectivity index (χ0n) is 18.4. The fourth-order valence-corrected chi connectivity index (χ4v) is 4.28. The summed E-state index contributed by atoms with van der Waals surface area (Å²) in [5.41, 5.74) is 1.02. The van der Waals surface area contributed by atoms with E-state index in [0.29, 0.717) is 41.8 Å². The van der Waals surface area contributed by atoms with Gasteiger partial charge in [0.1, 0.15) is 0 Å². The van der Waals surface area contributed by atoms with Crippen LogP contribution in [0.1, 0.15) is 28.6 Å². The number of imidazole rings is 1. The number of ketones is 1. The smallest absolute Gasteiger partial charge is 0.290 e. The van der Waals surface area contributed by atoms with Gasteiger partial charge in [0, 0.05) is 43.3 Å². The van der Waals surface area contributed by atoms with Crippen molar-refractivity contribution in [2.45, 2.75) is 19.0 Å². The van der Waals surface area contributed by atoms with E-state index < -0.39 is 23.5 Å². The number of aryl methyl sites for hydroxylation is 1. The molecule has 4 aromatic rings. The molecular weight excluding hydrogens is 436 g/mol. The maximum atomic E-state index is 13.6. The molecular formula is C25H22N4O5. The number of fused-ring (bicyclic) bond motifs is 1. The van der Waals surface area contributed by atoms with Gasteiger partial charge in [-0.05, 0) is 30.2 Å². The number of benzene rings is 1. The molecule has 0 radical (unpaired) electrons. The Labute approximate surface area is 194 Å². The number of carbonyl (C=O) groups excluding carboxylic acids is 2. The number of hydrogen-bond acceptors (Lipinski definition) is 7. The van der Waals surface area contributed by atoms with Crippen LogP contribution in [-0.4, -0.2) is 49.9 Å². The predicted molar refractivity (Wildman–Crippen MR) is 122 cm³/mol. The van der Waals surface area contributed by atoms with E-state index in [0.717, 1.165) is 0 Å². The third kappa shape index (κ3) is 3.71. The second-order valence-corrected chi connectivity index (χ2v) is 7.92. The van der Waals surface area contributed by atoms with Crippen molar-refractivity contribution >= 4 is 22.7 Å². The second-order valence-electron chi connectivity index (χ2n) is 7.92. The van der Waals surface area contributed by atoms with Crippen LogP contribution in [-0.2, 0) is 11.3 Å². The number of nitrogens with zero attached hydrogens (tertiary/aromatic N) is 4. The van der Waals surface area contributed by atoms with Gasteiger partial charge in [-0.25, -0.2) is 4.98 Å². The molecule has 9 nitrogen and oxygen atoms in total. The lowest BCUT2D eigenvalue weighted by atomic mass is 9.96. The van der Waals surface area contributed by atoms with E-state index in [2.05, 4.69) is 9.97 Å². The largest absolute Gasteiger partial charge is 0.503 e. The molecule has 1 aliphatic rings. The maximum absolute atomic E-state index is 13.6. The van der Waals surface area contributed by atoms with E-state index in [4.69, 9.17) is 9.15 Å². The van der Waals surface area contributed by atoms with Crippen LogP contribution in [0.5, 0.6) is 5.75 Å². The zero-order chi connectivity index (χ0) is 23.7. The SMILES string of the molecule is COc1cccc2cc(C(=O)C3=C(O)C(=O)N(CCCn4ccnc4)C3c3cccnc3)oc12. The topological polar surface area (TPSA) is 111 Å². The number of carbonyl (C=O) groups is 2. The summed E-state index contributed by atoms with van der Waals surface area (Å²) in [7, 11) is 1.52. The molecule has 9 heteroatoms. The molecule has 0 bridgehead atoms. The van der Waals surface area contributed by atoms with Crippen LogP contribution in [0, 0.1) is 0 Å². The van der Waals surface area contributed by atoms with Crippen molar-refractivity contribution in [1.82, 2.24) is 19.4 Å². The summed E-state index contributed by atoms with van der Waals surface area (Å²) < 4.78 is 13.0. The Hall–Kier alpha value is -4.40. The lowest BCUT2D eigenvalue weighted by Crippen LogP contribution is -2.32. The Balaban J connectivity index is 1.50. The summed E-state index contributed by atoms with van der Waals surface area (Å²) in [5, 5.41) is 11.5. The number of aromatic nitrogens is 3. The number of pyridine rings is 1. The Kier molecular flexibility index (Phi) is 5.59. The van der Waals surface area contributed by atoms with Crippen molar-refractivity contribution in [1.29, 1.82) is 0 Å². The van der Waals surface area contributed by atoms with Gasteiger partial charge >= 0.3 is 0 Å². The van der Waals surface area contributed by atoms with Gasteiger partial charge in [0.05, 0.1) is 25.1 Å². The fraction of sp³-hybridized carbons (Fsp3) is 0.200. The summed E-state index contributed by atoms with van der Waals surface area (Å²) in [6.45, 7) is 0.961. The van der Waals surface area contributed by atoms with E-state index >= 15 is 0 Å². The number of aliphatic hydroxyl groups is 1. The summed E-state index contributed by atoms with van der Waals surface area (Å²) in [4.78, 5) is 36.3. The Bertz CT molecular complexity index is 1380. The normalized spacial score (nSPS) is 16.0. The van der Waals surface area contributed by atoms with Crippen LogP contribution in [0.25, 0.3) is 11.0 Å². The molecule has 0 aliphatic carbocycles. The number of methoxy groups -OCH3 is 1. The molecule has 1 amide bonds. The van der Waals surface area contributed by atoms with Gasteiger partial charge < -0.3 is 23.7 Å². The molecule has 0 fully saturated rings. The van der Waals surface area contributed by atoms with Crippen molar-refractivity contribution in [3.8, 4) is 5.75 Å². The van der Waals surface area contributed by atoms with Crippen LogP contribution >= 0.6 is 0 Å². The predicted octanol–water partition coefficient (Wildman–Crippen LogP) is 3.70. The first-order chi connectivity index (χ1) is 16.6. The molecule has 1 atom stereocenters. The lowest BCUT2D eigenvalue weighted by molar-refractivity contribution is -0.129. The minimum atomic E-state index is -0.786. The number of Topliss-reactive ketones (excluding diaryl/α,β-unsaturated/α-hetero) is 1. The molecule has 1 N–H and O–H groups in total. The number of ether oxygens (including phenoxy) is 1. The third-order valence-electron chi connectivity index (χ3n) is 5.87. The van der Waals surface area contributed by atoms with Crippen LogP contribution in [0.15, 0.2) is 83.3 Å². The van der Waals surface area contributed by atoms with Gasteiger partial charge in [-0.3, -0.25) is 14.6 Å².